The molecule has 0 aliphatic carbocycles. The van der Waals surface area contributed by atoms with Gasteiger partial charge in [0.25, 0.3) is 0 Å². The van der Waals surface area contributed by atoms with Crippen molar-refractivity contribution in [2.75, 3.05) is 23.9 Å². The molecule has 0 radical (unpaired) electrons. The highest BCUT2D eigenvalue weighted by atomic mass is 16.5. The molecular formula is C23H26N2O4. The van der Waals surface area contributed by atoms with E-state index in [1.807, 2.05) is 24.3 Å². The van der Waals surface area contributed by atoms with Crippen LogP contribution >= 0.6 is 0 Å². The monoisotopic (exact) mass is 394 g/mol. The molecule has 0 spiro atoms. The van der Waals surface area contributed by atoms with Gasteiger partial charge in [-0.2, -0.15) is 0 Å². The highest BCUT2D eigenvalue weighted by Gasteiger charge is 2.37. The van der Waals surface area contributed by atoms with Crippen molar-refractivity contribution in [3.63, 3.8) is 0 Å². The van der Waals surface area contributed by atoms with Gasteiger partial charge in [0.2, 0.25) is 11.8 Å². The summed E-state index contributed by atoms with van der Waals surface area (Å²) in [4.78, 5) is 38.6. The topological polar surface area (TPSA) is 75.7 Å². The Balaban J connectivity index is 1.72. The third kappa shape index (κ3) is 4.47. The molecule has 1 heterocycles. The number of esters is 1. The minimum absolute atomic E-state index is 0.0529. The van der Waals surface area contributed by atoms with Crippen molar-refractivity contribution in [3.05, 3.63) is 59.7 Å². The molecule has 2 aromatic rings. The summed E-state index contributed by atoms with van der Waals surface area (Å²) in [7, 11) is 1.32. The van der Waals surface area contributed by atoms with E-state index in [0.29, 0.717) is 17.8 Å². The highest BCUT2D eigenvalue weighted by molar-refractivity contribution is 6.04. The van der Waals surface area contributed by atoms with Gasteiger partial charge in [0.1, 0.15) is 0 Å². The number of nitrogens with one attached hydrogen (secondary N) is 1. The van der Waals surface area contributed by atoms with E-state index in [1.54, 1.807) is 29.2 Å². The van der Waals surface area contributed by atoms with Crippen LogP contribution in [0.25, 0.3) is 0 Å². The SMILES string of the molecule is COC(=O)c1ccc(NC(=O)C2CC(=O)N(c3ccccc3C(C)(C)C)C2)cc1. The molecule has 152 valence electrons. The number of benzene rings is 2. The highest BCUT2D eigenvalue weighted by Crippen LogP contribution is 2.35. The largest absolute Gasteiger partial charge is 0.465 e. The van der Waals surface area contributed by atoms with Gasteiger partial charge in [0.05, 0.1) is 18.6 Å². The first-order valence-corrected chi connectivity index (χ1v) is 9.60. The van der Waals surface area contributed by atoms with Crippen molar-refractivity contribution in [2.24, 2.45) is 5.92 Å². The molecule has 1 N–H and O–H groups in total. The molecule has 2 amide bonds. The second-order valence-corrected chi connectivity index (χ2v) is 8.23. The van der Waals surface area contributed by atoms with E-state index in [1.165, 1.54) is 7.11 Å². The first-order chi connectivity index (χ1) is 13.7. The van der Waals surface area contributed by atoms with Gasteiger partial charge < -0.3 is 15.0 Å². The van der Waals surface area contributed by atoms with Crippen molar-refractivity contribution < 1.29 is 19.1 Å². The van der Waals surface area contributed by atoms with Crippen LogP contribution in [0.5, 0.6) is 0 Å². The molecule has 0 bridgehead atoms. The van der Waals surface area contributed by atoms with Crippen LogP contribution in [0, 0.1) is 5.92 Å². The summed E-state index contributed by atoms with van der Waals surface area (Å²) in [5.74, 6) is -1.13. The van der Waals surface area contributed by atoms with E-state index in [0.717, 1.165) is 11.3 Å². The minimum atomic E-state index is -0.434. The molecule has 1 aliphatic rings. The number of anilines is 2. The summed E-state index contributed by atoms with van der Waals surface area (Å²) in [6.45, 7) is 6.66. The lowest BCUT2D eigenvalue weighted by atomic mass is 9.85. The fraction of sp³-hybridized carbons (Fsp3) is 0.348. The predicted octanol–water partition coefficient (Wildman–Crippen LogP) is 3.76. The smallest absolute Gasteiger partial charge is 0.337 e. The number of carbonyl (C=O) groups is 3. The summed E-state index contributed by atoms with van der Waals surface area (Å²) in [6.07, 6.45) is 0.171. The maximum Gasteiger partial charge on any atom is 0.337 e. The number of nitrogens with zero attached hydrogens (tertiary/aromatic N) is 1. The Hall–Kier alpha value is -3.15. The average molecular weight is 394 g/mol. The average Bonchev–Trinajstić information content (AvgIpc) is 3.09. The Morgan fingerprint density at radius 3 is 2.34 bits per heavy atom. The first-order valence-electron chi connectivity index (χ1n) is 9.60. The number of hydrogen-bond acceptors (Lipinski definition) is 4. The molecule has 0 aromatic heterocycles. The second-order valence-electron chi connectivity index (χ2n) is 8.23. The first kappa shape index (κ1) is 20.6. The lowest BCUT2D eigenvalue weighted by Crippen LogP contribution is -2.30. The molecular weight excluding hydrogens is 368 g/mol. The third-order valence-electron chi connectivity index (χ3n) is 5.07. The number of ether oxygens (including phenoxy) is 1. The van der Waals surface area contributed by atoms with Crippen LogP contribution in [-0.2, 0) is 19.7 Å². The molecule has 1 aliphatic heterocycles. The van der Waals surface area contributed by atoms with Gasteiger partial charge in [0, 0.05) is 24.3 Å². The van der Waals surface area contributed by atoms with E-state index >= 15 is 0 Å². The normalized spacial score (nSPS) is 16.6. The lowest BCUT2D eigenvalue weighted by Gasteiger charge is -2.27. The molecule has 1 atom stereocenters. The number of amides is 2. The summed E-state index contributed by atoms with van der Waals surface area (Å²) >= 11 is 0. The van der Waals surface area contributed by atoms with Crippen molar-refractivity contribution in [3.8, 4) is 0 Å². The number of rotatable bonds is 4. The van der Waals surface area contributed by atoms with Crippen molar-refractivity contribution >= 4 is 29.2 Å². The van der Waals surface area contributed by atoms with Crippen molar-refractivity contribution in [1.82, 2.24) is 0 Å². The number of hydrogen-bond donors (Lipinski definition) is 1. The van der Waals surface area contributed by atoms with E-state index < -0.39 is 11.9 Å². The second kappa shape index (κ2) is 8.07. The Kier molecular flexibility index (Phi) is 5.73. The van der Waals surface area contributed by atoms with Crippen molar-refractivity contribution in [2.45, 2.75) is 32.6 Å². The molecule has 6 heteroatoms. The summed E-state index contributed by atoms with van der Waals surface area (Å²) < 4.78 is 4.67. The number of para-hydroxylation sites is 1. The molecule has 1 saturated heterocycles. The van der Waals surface area contributed by atoms with Gasteiger partial charge in [0.15, 0.2) is 0 Å². The van der Waals surface area contributed by atoms with Crippen LogP contribution < -0.4 is 10.2 Å². The maximum atomic E-state index is 12.7. The Morgan fingerprint density at radius 2 is 1.72 bits per heavy atom. The number of methoxy groups -OCH3 is 1. The lowest BCUT2D eigenvalue weighted by molar-refractivity contribution is -0.122. The van der Waals surface area contributed by atoms with Crippen LogP contribution in [0.2, 0.25) is 0 Å². The van der Waals surface area contributed by atoms with Gasteiger partial charge in [-0.3, -0.25) is 9.59 Å². The van der Waals surface area contributed by atoms with Crippen LogP contribution in [0.15, 0.2) is 48.5 Å². The zero-order chi connectivity index (χ0) is 21.2. The Morgan fingerprint density at radius 1 is 1.07 bits per heavy atom. The van der Waals surface area contributed by atoms with Gasteiger partial charge in [-0.25, -0.2) is 4.79 Å². The molecule has 2 aromatic carbocycles. The molecule has 3 rings (SSSR count). The predicted molar refractivity (Wildman–Crippen MR) is 112 cm³/mol. The standard InChI is InChI=1S/C23H26N2O4/c1-23(2,3)18-7-5-6-8-19(18)25-14-16(13-20(25)26)21(27)24-17-11-9-15(10-12-17)22(28)29-4/h5-12,16H,13-14H2,1-4H3,(H,24,27). The Labute approximate surface area is 170 Å². The van der Waals surface area contributed by atoms with Crippen LogP contribution in [0.1, 0.15) is 43.1 Å². The van der Waals surface area contributed by atoms with E-state index in [4.69, 9.17) is 0 Å². The summed E-state index contributed by atoms with van der Waals surface area (Å²) in [5, 5.41) is 2.84. The van der Waals surface area contributed by atoms with Gasteiger partial charge >= 0.3 is 5.97 Å². The van der Waals surface area contributed by atoms with Crippen LogP contribution in [-0.4, -0.2) is 31.4 Å². The maximum absolute atomic E-state index is 12.7. The van der Waals surface area contributed by atoms with Gasteiger partial charge in [-0.1, -0.05) is 39.0 Å². The van der Waals surface area contributed by atoms with E-state index in [9.17, 15) is 14.4 Å². The Bertz CT molecular complexity index is 929. The fourth-order valence-corrected chi connectivity index (χ4v) is 3.51. The zero-order valence-electron chi connectivity index (χ0n) is 17.2. The van der Waals surface area contributed by atoms with Gasteiger partial charge in [-0.05, 0) is 41.3 Å². The molecule has 1 fully saturated rings. The van der Waals surface area contributed by atoms with Gasteiger partial charge in [-0.15, -0.1) is 0 Å². The fourth-order valence-electron chi connectivity index (χ4n) is 3.51. The summed E-state index contributed by atoms with van der Waals surface area (Å²) in [5.41, 5.74) is 2.81. The molecule has 0 saturated carbocycles. The van der Waals surface area contributed by atoms with Crippen LogP contribution in [0.4, 0.5) is 11.4 Å². The molecule has 29 heavy (non-hydrogen) atoms. The van der Waals surface area contributed by atoms with Crippen LogP contribution in [0.3, 0.4) is 0 Å². The van der Waals surface area contributed by atoms with E-state index in [-0.39, 0.29) is 23.7 Å². The van der Waals surface area contributed by atoms with Crippen molar-refractivity contribution in [1.29, 1.82) is 0 Å². The molecule has 1 unspecified atom stereocenters. The number of carbonyl (C=O) groups excluding carboxylic acids is 3. The summed E-state index contributed by atoms with van der Waals surface area (Å²) in [6, 6.07) is 14.3. The minimum Gasteiger partial charge on any atom is -0.465 e. The van der Waals surface area contributed by atoms with E-state index in [2.05, 4.69) is 30.8 Å². The zero-order valence-corrected chi connectivity index (χ0v) is 17.2. The molecule has 6 nitrogen and oxygen atoms in total. The quantitative estimate of drug-likeness (QED) is 0.801. The third-order valence-corrected chi connectivity index (χ3v) is 5.07.